The molecule has 1 aliphatic heterocycles. The van der Waals surface area contributed by atoms with Crippen LogP contribution in [0.4, 0.5) is 24.5 Å². The molecule has 1 aromatic heterocycles. The van der Waals surface area contributed by atoms with Crippen LogP contribution in [0.2, 0.25) is 0 Å². The van der Waals surface area contributed by atoms with Crippen LogP contribution >= 0.6 is 11.3 Å². The number of nitrogens with one attached hydrogen (secondary N) is 1. The summed E-state index contributed by atoms with van der Waals surface area (Å²) in [6.45, 7) is 2.05. The lowest BCUT2D eigenvalue weighted by atomic mass is 10.1. The predicted molar refractivity (Wildman–Crippen MR) is 102 cm³/mol. The van der Waals surface area contributed by atoms with Gasteiger partial charge in [0.2, 0.25) is 0 Å². The van der Waals surface area contributed by atoms with Crippen LogP contribution in [0.1, 0.15) is 15.9 Å². The summed E-state index contributed by atoms with van der Waals surface area (Å²) in [5.41, 5.74) is 2.68. The second-order valence-electron chi connectivity index (χ2n) is 6.32. The first kappa shape index (κ1) is 18.7. The summed E-state index contributed by atoms with van der Waals surface area (Å²) in [6, 6.07) is 8.42. The number of alkyl halides is 3. The Labute approximate surface area is 162 Å². The molecule has 0 spiro atoms. The van der Waals surface area contributed by atoms with Crippen molar-refractivity contribution in [1.82, 2.24) is 4.98 Å². The van der Waals surface area contributed by atoms with E-state index in [-0.39, 0.29) is 5.69 Å². The van der Waals surface area contributed by atoms with Gasteiger partial charge in [-0.05, 0) is 36.4 Å². The minimum atomic E-state index is -4.50. The van der Waals surface area contributed by atoms with Crippen LogP contribution in [-0.2, 0) is 10.9 Å². The second kappa shape index (κ2) is 7.40. The van der Waals surface area contributed by atoms with Gasteiger partial charge in [0.25, 0.3) is 5.91 Å². The zero-order valence-corrected chi connectivity index (χ0v) is 15.4. The smallest absolute Gasteiger partial charge is 0.378 e. The topological polar surface area (TPSA) is 54.5 Å². The molecule has 0 aliphatic carbocycles. The molecule has 0 saturated carbocycles. The number of rotatable bonds is 3. The Morgan fingerprint density at radius 2 is 1.93 bits per heavy atom. The van der Waals surface area contributed by atoms with Gasteiger partial charge >= 0.3 is 6.18 Å². The Hall–Kier alpha value is -2.65. The lowest BCUT2D eigenvalue weighted by molar-refractivity contribution is -0.137. The molecule has 1 N–H and O–H groups in total. The highest BCUT2D eigenvalue weighted by Crippen LogP contribution is 2.36. The molecule has 0 atom stereocenters. The SMILES string of the molecule is O=C(Nc1cc(C(F)(F)F)ccc1N1CCOCC1)c1ccc2ncsc2c1. The van der Waals surface area contributed by atoms with Gasteiger partial charge in [0, 0.05) is 18.7 Å². The monoisotopic (exact) mass is 407 g/mol. The fourth-order valence-electron chi connectivity index (χ4n) is 3.08. The van der Waals surface area contributed by atoms with Crippen LogP contribution in [0.15, 0.2) is 41.9 Å². The average Bonchev–Trinajstić information content (AvgIpc) is 3.15. The van der Waals surface area contributed by atoms with E-state index in [4.69, 9.17) is 4.74 Å². The molecule has 4 rings (SSSR count). The Balaban J connectivity index is 1.67. The number of morpholine rings is 1. The summed E-state index contributed by atoms with van der Waals surface area (Å²) in [4.78, 5) is 18.8. The molecule has 0 bridgehead atoms. The maximum Gasteiger partial charge on any atom is 0.416 e. The lowest BCUT2D eigenvalue weighted by Gasteiger charge is -2.31. The lowest BCUT2D eigenvalue weighted by Crippen LogP contribution is -2.36. The number of carbonyl (C=O) groups excluding carboxylic acids is 1. The van der Waals surface area contributed by atoms with Crippen LogP contribution in [0.5, 0.6) is 0 Å². The molecule has 0 unspecified atom stereocenters. The summed E-state index contributed by atoms with van der Waals surface area (Å²) in [7, 11) is 0. The fraction of sp³-hybridized carbons (Fsp3) is 0.263. The molecule has 9 heteroatoms. The second-order valence-corrected chi connectivity index (χ2v) is 7.20. The highest BCUT2D eigenvalue weighted by Gasteiger charge is 2.32. The van der Waals surface area contributed by atoms with Gasteiger partial charge in [-0.2, -0.15) is 13.2 Å². The van der Waals surface area contributed by atoms with Crippen LogP contribution in [0, 0.1) is 0 Å². The fourth-order valence-corrected chi connectivity index (χ4v) is 3.80. The minimum Gasteiger partial charge on any atom is -0.378 e. The third kappa shape index (κ3) is 3.81. The molecule has 1 amide bonds. The van der Waals surface area contributed by atoms with Crippen molar-refractivity contribution in [3.05, 3.63) is 53.0 Å². The van der Waals surface area contributed by atoms with Gasteiger partial charge in [0.1, 0.15) is 0 Å². The van der Waals surface area contributed by atoms with Crippen LogP contribution in [0.3, 0.4) is 0 Å². The minimum absolute atomic E-state index is 0.131. The van der Waals surface area contributed by atoms with Gasteiger partial charge in [-0.1, -0.05) is 0 Å². The van der Waals surface area contributed by atoms with E-state index >= 15 is 0 Å². The summed E-state index contributed by atoms with van der Waals surface area (Å²) >= 11 is 1.39. The molecule has 5 nitrogen and oxygen atoms in total. The van der Waals surface area contributed by atoms with Gasteiger partial charge in [-0.15, -0.1) is 11.3 Å². The summed E-state index contributed by atoms with van der Waals surface area (Å²) in [5, 5.41) is 2.66. The molecule has 146 valence electrons. The van der Waals surface area contributed by atoms with Crippen molar-refractivity contribution in [2.75, 3.05) is 36.5 Å². The van der Waals surface area contributed by atoms with E-state index in [2.05, 4.69) is 10.3 Å². The number of fused-ring (bicyclic) bond motifs is 1. The normalized spacial score (nSPS) is 15.0. The van der Waals surface area contributed by atoms with Gasteiger partial charge < -0.3 is 15.0 Å². The van der Waals surface area contributed by atoms with E-state index in [1.54, 1.807) is 23.7 Å². The third-order valence-corrected chi connectivity index (χ3v) is 5.31. The highest BCUT2D eigenvalue weighted by molar-refractivity contribution is 7.16. The molecule has 2 heterocycles. The highest BCUT2D eigenvalue weighted by atomic mass is 32.1. The Bertz CT molecular complexity index is 1010. The van der Waals surface area contributed by atoms with E-state index in [0.717, 1.165) is 22.3 Å². The number of amides is 1. The van der Waals surface area contributed by atoms with Crippen LogP contribution in [-0.4, -0.2) is 37.2 Å². The third-order valence-electron chi connectivity index (χ3n) is 4.52. The largest absolute Gasteiger partial charge is 0.416 e. The Kier molecular flexibility index (Phi) is 4.94. The molecule has 0 radical (unpaired) electrons. The number of carbonyl (C=O) groups is 1. The van der Waals surface area contributed by atoms with Gasteiger partial charge in [-0.25, -0.2) is 4.98 Å². The molecule has 1 saturated heterocycles. The average molecular weight is 407 g/mol. The molecule has 28 heavy (non-hydrogen) atoms. The first-order valence-corrected chi connectivity index (χ1v) is 9.48. The first-order valence-electron chi connectivity index (χ1n) is 8.60. The number of halogens is 3. The number of aromatic nitrogens is 1. The van der Waals surface area contributed by atoms with Crippen molar-refractivity contribution in [3.8, 4) is 0 Å². The summed E-state index contributed by atoms with van der Waals surface area (Å²) < 4.78 is 45.7. The maximum atomic E-state index is 13.2. The van der Waals surface area contributed by atoms with Gasteiger partial charge in [0.15, 0.2) is 0 Å². The number of benzene rings is 2. The van der Waals surface area contributed by atoms with Crippen LogP contribution < -0.4 is 10.2 Å². The quantitative estimate of drug-likeness (QED) is 0.699. The molecular formula is C19H16F3N3O2S. The van der Waals surface area contributed by atoms with Crippen molar-refractivity contribution in [1.29, 1.82) is 0 Å². The number of nitrogens with zero attached hydrogens (tertiary/aromatic N) is 2. The van der Waals surface area contributed by atoms with Crippen molar-refractivity contribution < 1.29 is 22.7 Å². The molecule has 3 aromatic rings. The number of hydrogen-bond acceptors (Lipinski definition) is 5. The number of thiazole rings is 1. The number of ether oxygens (including phenoxy) is 1. The van der Waals surface area contributed by atoms with Gasteiger partial charge in [0.05, 0.1) is 45.9 Å². The Morgan fingerprint density at radius 3 is 2.68 bits per heavy atom. The van der Waals surface area contributed by atoms with E-state index in [1.807, 2.05) is 4.90 Å². The first-order chi connectivity index (χ1) is 13.4. The standard InChI is InChI=1S/C19H16F3N3O2S/c20-19(21,22)13-2-4-16(25-5-7-27-8-6-25)15(10-13)24-18(26)12-1-3-14-17(9-12)28-11-23-14/h1-4,9-11H,5-8H2,(H,24,26). The molecular weight excluding hydrogens is 391 g/mol. The van der Waals surface area contributed by atoms with Crippen molar-refractivity contribution in [3.63, 3.8) is 0 Å². The van der Waals surface area contributed by atoms with E-state index in [0.29, 0.717) is 37.6 Å². The molecule has 1 aliphatic rings. The zero-order chi connectivity index (χ0) is 19.7. The van der Waals surface area contributed by atoms with E-state index in [1.165, 1.54) is 17.4 Å². The van der Waals surface area contributed by atoms with E-state index in [9.17, 15) is 18.0 Å². The molecule has 1 fully saturated rings. The summed E-state index contributed by atoms with van der Waals surface area (Å²) in [6.07, 6.45) is -4.50. The Morgan fingerprint density at radius 1 is 1.14 bits per heavy atom. The number of hydrogen-bond donors (Lipinski definition) is 1. The molecule has 2 aromatic carbocycles. The van der Waals surface area contributed by atoms with Crippen molar-refractivity contribution >= 4 is 38.8 Å². The van der Waals surface area contributed by atoms with Crippen molar-refractivity contribution in [2.24, 2.45) is 0 Å². The van der Waals surface area contributed by atoms with Crippen molar-refractivity contribution in [2.45, 2.75) is 6.18 Å². The van der Waals surface area contributed by atoms with Crippen LogP contribution in [0.25, 0.3) is 10.2 Å². The number of anilines is 2. The van der Waals surface area contributed by atoms with Gasteiger partial charge in [-0.3, -0.25) is 4.79 Å². The maximum absolute atomic E-state index is 13.2. The predicted octanol–water partition coefficient (Wildman–Crippen LogP) is 4.40. The zero-order valence-electron chi connectivity index (χ0n) is 14.6. The summed E-state index contributed by atoms with van der Waals surface area (Å²) in [5.74, 6) is -0.468. The van der Waals surface area contributed by atoms with E-state index < -0.39 is 17.6 Å².